The number of carboxylic acids is 1. The van der Waals surface area contributed by atoms with Crippen molar-refractivity contribution in [2.75, 3.05) is 39.3 Å². The predicted octanol–water partition coefficient (Wildman–Crippen LogP) is 0.762. The highest BCUT2D eigenvalue weighted by molar-refractivity contribution is 7.89. The van der Waals surface area contributed by atoms with E-state index in [0.29, 0.717) is 19.4 Å². The Morgan fingerprint density at radius 2 is 1.52 bits per heavy atom. The number of piperidine rings is 1. The molecule has 2 saturated heterocycles. The molecule has 31 heavy (non-hydrogen) atoms. The quantitative estimate of drug-likeness (QED) is 0.677. The number of carbonyl (C=O) groups is 3. The molecule has 11 heteroatoms. The van der Waals surface area contributed by atoms with E-state index in [-0.39, 0.29) is 62.3 Å². The molecule has 0 saturated carbocycles. The summed E-state index contributed by atoms with van der Waals surface area (Å²) in [4.78, 5) is 39.0. The van der Waals surface area contributed by atoms with Gasteiger partial charge in [-0.15, -0.1) is 0 Å². The number of amides is 2. The molecule has 3 rings (SSSR count). The second kappa shape index (κ2) is 9.73. The van der Waals surface area contributed by atoms with Gasteiger partial charge in [0, 0.05) is 52.1 Å². The Balaban J connectivity index is 1.47. The number of nitrogens with zero attached hydrogens (tertiary/aromatic N) is 3. The Labute approximate surface area is 180 Å². The molecule has 2 amide bonds. The number of carboxylic acid groups (broad SMARTS) is 1. The molecule has 2 fully saturated rings. The summed E-state index contributed by atoms with van der Waals surface area (Å²) in [5.41, 5.74) is 0. The SMILES string of the molecule is O=C(O)C1CCCN(C(=O)CCC(=O)N2CCN(S(=O)(=O)c3ccc(F)cc3)CC2)C1. The first-order valence-corrected chi connectivity index (χ1v) is 11.7. The van der Waals surface area contributed by atoms with E-state index in [9.17, 15) is 27.2 Å². The van der Waals surface area contributed by atoms with Crippen molar-refractivity contribution in [2.45, 2.75) is 30.6 Å². The second-order valence-corrected chi connectivity index (χ2v) is 9.69. The molecule has 2 heterocycles. The van der Waals surface area contributed by atoms with Crippen LogP contribution < -0.4 is 0 Å². The summed E-state index contributed by atoms with van der Waals surface area (Å²) in [5, 5.41) is 9.13. The highest BCUT2D eigenvalue weighted by atomic mass is 32.2. The Morgan fingerprint density at radius 3 is 2.10 bits per heavy atom. The van der Waals surface area contributed by atoms with E-state index in [1.54, 1.807) is 0 Å². The zero-order chi connectivity index (χ0) is 22.6. The number of benzene rings is 1. The molecule has 0 spiro atoms. The summed E-state index contributed by atoms with van der Waals surface area (Å²) >= 11 is 0. The van der Waals surface area contributed by atoms with E-state index in [1.165, 1.54) is 26.2 Å². The van der Waals surface area contributed by atoms with Crippen molar-refractivity contribution in [3.63, 3.8) is 0 Å². The largest absolute Gasteiger partial charge is 0.481 e. The van der Waals surface area contributed by atoms with Crippen LogP contribution >= 0.6 is 0 Å². The number of rotatable bonds is 6. The second-order valence-electron chi connectivity index (χ2n) is 7.76. The molecule has 0 aromatic heterocycles. The van der Waals surface area contributed by atoms with Crippen molar-refractivity contribution in [3.8, 4) is 0 Å². The van der Waals surface area contributed by atoms with E-state index in [2.05, 4.69) is 0 Å². The van der Waals surface area contributed by atoms with Gasteiger partial charge in [-0.25, -0.2) is 12.8 Å². The Kier molecular flexibility index (Phi) is 7.26. The fraction of sp³-hybridized carbons (Fsp3) is 0.550. The van der Waals surface area contributed by atoms with E-state index >= 15 is 0 Å². The normalized spacial score (nSPS) is 20.5. The van der Waals surface area contributed by atoms with Gasteiger partial charge in [0.1, 0.15) is 5.82 Å². The van der Waals surface area contributed by atoms with Gasteiger partial charge in [-0.3, -0.25) is 14.4 Å². The van der Waals surface area contributed by atoms with Crippen LogP contribution in [0.4, 0.5) is 4.39 Å². The number of likely N-dealkylation sites (tertiary alicyclic amines) is 1. The maximum absolute atomic E-state index is 13.1. The predicted molar refractivity (Wildman–Crippen MR) is 108 cm³/mol. The van der Waals surface area contributed by atoms with Gasteiger partial charge in [0.2, 0.25) is 21.8 Å². The molecule has 1 atom stereocenters. The summed E-state index contributed by atoms with van der Waals surface area (Å²) in [6.45, 7) is 1.31. The van der Waals surface area contributed by atoms with Crippen molar-refractivity contribution < 1.29 is 32.3 Å². The fourth-order valence-corrected chi connectivity index (χ4v) is 5.29. The van der Waals surface area contributed by atoms with Crippen molar-refractivity contribution in [2.24, 2.45) is 5.92 Å². The Morgan fingerprint density at radius 1 is 0.935 bits per heavy atom. The lowest BCUT2D eigenvalue weighted by Gasteiger charge is -2.34. The third kappa shape index (κ3) is 5.59. The van der Waals surface area contributed by atoms with Crippen LogP contribution in [0.5, 0.6) is 0 Å². The first-order valence-electron chi connectivity index (χ1n) is 10.2. The molecule has 9 nitrogen and oxygen atoms in total. The molecule has 170 valence electrons. The van der Waals surface area contributed by atoms with Gasteiger partial charge in [-0.1, -0.05) is 0 Å². The van der Waals surface area contributed by atoms with E-state index in [1.807, 2.05) is 0 Å². The monoisotopic (exact) mass is 455 g/mol. The lowest BCUT2D eigenvalue weighted by molar-refractivity contribution is -0.146. The van der Waals surface area contributed by atoms with E-state index < -0.39 is 27.7 Å². The molecular formula is C20H26FN3O6S. The van der Waals surface area contributed by atoms with E-state index in [0.717, 1.165) is 12.1 Å². The average Bonchev–Trinajstić information content (AvgIpc) is 2.77. The smallest absolute Gasteiger partial charge is 0.308 e. The van der Waals surface area contributed by atoms with Gasteiger partial charge in [0.05, 0.1) is 10.8 Å². The highest BCUT2D eigenvalue weighted by Gasteiger charge is 2.31. The average molecular weight is 456 g/mol. The number of hydrogen-bond acceptors (Lipinski definition) is 5. The fourth-order valence-electron chi connectivity index (χ4n) is 3.87. The van der Waals surface area contributed by atoms with Crippen LogP contribution in [0.25, 0.3) is 0 Å². The van der Waals surface area contributed by atoms with Crippen molar-refractivity contribution >= 4 is 27.8 Å². The van der Waals surface area contributed by atoms with Gasteiger partial charge < -0.3 is 14.9 Å². The third-order valence-electron chi connectivity index (χ3n) is 5.72. The number of sulfonamides is 1. The van der Waals surface area contributed by atoms with Crippen LogP contribution in [0.15, 0.2) is 29.2 Å². The van der Waals surface area contributed by atoms with E-state index in [4.69, 9.17) is 5.11 Å². The minimum atomic E-state index is -3.76. The highest BCUT2D eigenvalue weighted by Crippen LogP contribution is 2.20. The molecule has 0 bridgehead atoms. The van der Waals surface area contributed by atoms with Crippen LogP contribution in [0.3, 0.4) is 0 Å². The molecular weight excluding hydrogens is 429 g/mol. The standard InChI is InChI=1S/C20H26FN3O6S/c21-16-3-5-17(6-4-16)31(29,30)24-12-10-22(11-13-24)18(25)7-8-19(26)23-9-1-2-15(14-23)20(27)28/h3-6,15H,1-2,7-14H2,(H,27,28). The number of halogens is 1. The summed E-state index contributed by atoms with van der Waals surface area (Å²) in [5.74, 6) is -2.48. The summed E-state index contributed by atoms with van der Waals surface area (Å²) < 4.78 is 39.6. The lowest BCUT2D eigenvalue weighted by Crippen LogP contribution is -2.50. The zero-order valence-electron chi connectivity index (χ0n) is 17.1. The molecule has 0 radical (unpaired) electrons. The molecule has 1 aromatic rings. The molecule has 1 N–H and O–H groups in total. The molecule has 1 aromatic carbocycles. The van der Waals surface area contributed by atoms with Crippen molar-refractivity contribution in [1.82, 2.24) is 14.1 Å². The molecule has 2 aliphatic rings. The summed E-state index contributed by atoms with van der Waals surface area (Å²) in [6, 6.07) is 4.60. The Bertz CT molecular complexity index is 929. The number of aliphatic carboxylic acids is 1. The summed E-state index contributed by atoms with van der Waals surface area (Å²) in [6.07, 6.45) is 1.17. The topological polar surface area (TPSA) is 115 Å². The van der Waals surface area contributed by atoms with Crippen molar-refractivity contribution in [1.29, 1.82) is 0 Å². The van der Waals surface area contributed by atoms with Gasteiger partial charge in [-0.2, -0.15) is 4.31 Å². The number of piperazine rings is 1. The zero-order valence-corrected chi connectivity index (χ0v) is 17.9. The van der Waals surface area contributed by atoms with Gasteiger partial charge in [0.15, 0.2) is 0 Å². The lowest BCUT2D eigenvalue weighted by atomic mass is 9.98. The first kappa shape index (κ1) is 23.1. The third-order valence-corrected chi connectivity index (χ3v) is 7.63. The number of carbonyl (C=O) groups excluding carboxylic acids is 2. The first-order chi connectivity index (χ1) is 14.7. The van der Waals surface area contributed by atoms with Gasteiger partial charge >= 0.3 is 5.97 Å². The van der Waals surface area contributed by atoms with Crippen LogP contribution in [0.1, 0.15) is 25.7 Å². The van der Waals surface area contributed by atoms with Crippen LogP contribution in [-0.4, -0.2) is 84.7 Å². The maximum Gasteiger partial charge on any atom is 0.308 e. The molecule has 2 aliphatic heterocycles. The minimum Gasteiger partial charge on any atom is -0.481 e. The van der Waals surface area contributed by atoms with Gasteiger partial charge in [-0.05, 0) is 37.1 Å². The summed E-state index contributed by atoms with van der Waals surface area (Å²) in [7, 11) is -3.76. The van der Waals surface area contributed by atoms with Crippen LogP contribution in [0.2, 0.25) is 0 Å². The molecule has 0 aliphatic carbocycles. The molecule has 1 unspecified atom stereocenters. The van der Waals surface area contributed by atoms with Crippen molar-refractivity contribution in [3.05, 3.63) is 30.1 Å². The minimum absolute atomic E-state index is 0.000435. The van der Waals surface area contributed by atoms with Gasteiger partial charge in [0.25, 0.3) is 0 Å². The maximum atomic E-state index is 13.1. The Hall–Kier alpha value is -2.53. The van der Waals surface area contributed by atoms with Crippen LogP contribution in [0, 0.1) is 11.7 Å². The van der Waals surface area contributed by atoms with Crippen LogP contribution in [-0.2, 0) is 24.4 Å². The number of hydrogen-bond donors (Lipinski definition) is 1.